The van der Waals surface area contributed by atoms with Gasteiger partial charge < -0.3 is 14.6 Å². The Morgan fingerprint density at radius 1 is 1.08 bits per heavy atom. The number of hydrogen-bond acceptors (Lipinski definition) is 4. The maximum absolute atomic E-state index is 13.2. The van der Waals surface area contributed by atoms with Crippen molar-refractivity contribution in [3.63, 3.8) is 0 Å². The SMILES string of the molecule is COc1ccc(CN2CC(O)CC2c2ccc(F)cc2)cc1OC. The quantitative estimate of drug-likeness (QED) is 0.914. The van der Waals surface area contributed by atoms with E-state index in [-0.39, 0.29) is 18.0 Å². The van der Waals surface area contributed by atoms with Crippen molar-refractivity contribution < 1.29 is 19.0 Å². The van der Waals surface area contributed by atoms with Crippen LogP contribution in [0.1, 0.15) is 23.6 Å². The third-order valence-electron chi connectivity index (χ3n) is 4.47. The summed E-state index contributed by atoms with van der Waals surface area (Å²) >= 11 is 0. The van der Waals surface area contributed by atoms with Crippen molar-refractivity contribution in [1.29, 1.82) is 0 Å². The van der Waals surface area contributed by atoms with Crippen LogP contribution in [0.3, 0.4) is 0 Å². The van der Waals surface area contributed by atoms with Crippen LogP contribution in [0.5, 0.6) is 11.5 Å². The van der Waals surface area contributed by atoms with Gasteiger partial charge in [-0.2, -0.15) is 0 Å². The summed E-state index contributed by atoms with van der Waals surface area (Å²) in [6.07, 6.45) is 0.277. The second kappa shape index (κ2) is 7.20. The topological polar surface area (TPSA) is 41.9 Å². The number of halogens is 1. The summed E-state index contributed by atoms with van der Waals surface area (Å²) in [5.41, 5.74) is 2.10. The highest BCUT2D eigenvalue weighted by Crippen LogP contribution is 2.35. The first-order valence-electron chi connectivity index (χ1n) is 7.99. The van der Waals surface area contributed by atoms with E-state index in [4.69, 9.17) is 9.47 Å². The van der Waals surface area contributed by atoms with Gasteiger partial charge in [0.1, 0.15) is 5.82 Å². The molecule has 0 bridgehead atoms. The molecule has 0 radical (unpaired) electrons. The van der Waals surface area contributed by atoms with Crippen LogP contribution in [-0.2, 0) is 6.54 Å². The summed E-state index contributed by atoms with van der Waals surface area (Å²) in [5.74, 6) is 1.13. The molecule has 0 spiro atoms. The molecule has 1 fully saturated rings. The molecule has 0 aromatic heterocycles. The highest BCUT2D eigenvalue weighted by atomic mass is 19.1. The minimum absolute atomic E-state index is 0.0775. The molecule has 5 heteroatoms. The van der Waals surface area contributed by atoms with E-state index in [1.54, 1.807) is 26.4 Å². The van der Waals surface area contributed by atoms with E-state index in [1.807, 2.05) is 18.2 Å². The molecular formula is C19H22FNO3. The van der Waals surface area contributed by atoms with Gasteiger partial charge in [-0.3, -0.25) is 4.90 Å². The van der Waals surface area contributed by atoms with E-state index in [1.165, 1.54) is 12.1 Å². The maximum Gasteiger partial charge on any atom is 0.161 e. The number of benzene rings is 2. The van der Waals surface area contributed by atoms with Gasteiger partial charge in [0.25, 0.3) is 0 Å². The summed E-state index contributed by atoms with van der Waals surface area (Å²) < 4.78 is 23.8. The molecule has 1 aliphatic rings. The van der Waals surface area contributed by atoms with E-state index in [9.17, 15) is 9.50 Å². The first kappa shape index (κ1) is 16.7. The second-order valence-electron chi connectivity index (χ2n) is 6.08. The van der Waals surface area contributed by atoms with E-state index >= 15 is 0 Å². The zero-order chi connectivity index (χ0) is 17.1. The van der Waals surface area contributed by atoms with Gasteiger partial charge in [-0.25, -0.2) is 4.39 Å². The van der Waals surface area contributed by atoms with Gasteiger partial charge in [0.2, 0.25) is 0 Å². The summed E-state index contributed by atoms with van der Waals surface area (Å²) in [4.78, 5) is 2.21. The fourth-order valence-electron chi connectivity index (χ4n) is 3.30. The van der Waals surface area contributed by atoms with E-state index in [0.29, 0.717) is 31.0 Å². The number of methoxy groups -OCH3 is 2. The summed E-state index contributed by atoms with van der Waals surface area (Å²) in [6, 6.07) is 12.4. The van der Waals surface area contributed by atoms with Crippen molar-refractivity contribution in [1.82, 2.24) is 4.90 Å². The lowest BCUT2D eigenvalue weighted by molar-refractivity contribution is 0.172. The first-order valence-corrected chi connectivity index (χ1v) is 7.99. The van der Waals surface area contributed by atoms with Gasteiger partial charge in [0.05, 0.1) is 20.3 Å². The van der Waals surface area contributed by atoms with Gasteiger partial charge in [0.15, 0.2) is 11.5 Å². The summed E-state index contributed by atoms with van der Waals surface area (Å²) in [6.45, 7) is 1.27. The molecule has 0 aliphatic carbocycles. The molecule has 0 saturated carbocycles. The largest absolute Gasteiger partial charge is 0.493 e. The van der Waals surface area contributed by atoms with Gasteiger partial charge in [-0.1, -0.05) is 18.2 Å². The molecule has 2 aromatic carbocycles. The van der Waals surface area contributed by atoms with Crippen molar-refractivity contribution in [2.24, 2.45) is 0 Å². The molecule has 128 valence electrons. The summed E-state index contributed by atoms with van der Waals surface area (Å²) in [7, 11) is 3.22. The minimum Gasteiger partial charge on any atom is -0.493 e. The molecule has 24 heavy (non-hydrogen) atoms. The molecule has 1 heterocycles. The number of likely N-dealkylation sites (tertiary alicyclic amines) is 1. The second-order valence-corrected chi connectivity index (χ2v) is 6.08. The van der Waals surface area contributed by atoms with Crippen molar-refractivity contribution in [2.75, 3.05) is 20.8 Å². The van der Waals surface area contributed by atoms with Gasteiger partial charge in [-0.15, -0.1) is 0 Å². The molecule has 1 N–H and O–H groups in total. The Labute approximate surface area is 141 Å². The lowest BCUT2D eigenvalue weighted by atomic mass is 10.0. The van der Waals surface area contributed by atoms with E-state index in [0.717, 1.165) is 11.1 Å². The number of rotatable bonds is 5. The Balaban J connectivity index is 1.81. The number of hydrogen-bond donors (Lipinski definition) is 1. The van der Waals surface area contributed by atoms with Crippen LogP contribution in [0.4, 0.5) is 4.39 Å². The average Bonchev–Trinajstić information content (AvgIpc) is 2.95. The Hall–Kier alpha value is -2.11. The third-order valence-corrected chi connectivity index (χ3v) is 4.47. The number of β-amino-alcohol motifs (C(OH)–C–C–N with tert-alkyl or cyclic N) is 1. The lowest BCUT2D eigenvalue weighted by Crippen LogP contribution is -2.24. The number of ether oxygens (including phenoxy) is 2. The Morgan fingerprint density at radius 3 is 2.46 bits per heavy atom. The molecule has 0 amide bonds. The molecule has 3 rings (SSSR count). The van der Waals surface area contributed by atoms with E-state index < -0.39 is 0 Å². The molecular weight excluding hydrogens is 309 g/mol. The molecule has 2 aromatic rings. The maximum atomic E-state index is 13.2. The minimum atomic E-state index is -0.375. The normalized spacial score (nSPS) is 21.0. The summed E-state index contributed by atoms with van der Waals surface area (Å²) in [5, 5.41) is 10.1. The van der Waals surface area contributed by atoms with Crippen molar-refractivity contribution in [3.05, 3.63) is 59.4 Å². The van der Waals surface area contributed by atoms with Crippen LogP contribution < -0.4 is 9.47 Å². The number of nitrogens with zero attached hydrogens (tertiary/aromatic N) is 1. The average molecular weight is 331 g/mol. The number of aliphatic hydroxyl groups is 1. The zero-order valence-corrected chi connectivity index (χ0v) is 13.9. The highest BCUT2D eigenvalue weighted by Gasteiger charge is 2.32. The monoisotopic (exact) mass is 331 g/mol. The lowest BCUT2D eigenvalue weighted by Gasteiger charge is -2.25. The fraction of sp³-hybridized carbons (Fsp3) is 0.368. The van der Waals surface area contributed by atoms with E-state index in [2.05, 4.69) is 4.90 Å². The molecule has 1 saturated heterocycles. The standard InChI is InChI=1S/C19H22FNO3/c1-23-18-8-3-13(9-19(18)24-2)11-21-12-16(22)10-17(21)14-4-6-15(20)7-5-14/h3-9,16-17,22H,10-12H2,1-2H3. The first-order chi connectivity index (χ1) is 11.6. The van der Waals surface area contributed by atoms with Crippen LogP contribution in [0, 0.1) is 5.82 Å². The Bertz CT molecular complexity index is 690. The van der Waals surface area contributed by atoms with Crippen LogP contribution >= 0.6 is 0 Å². The highest BCUT2D eigenvalue weighted by molar-refractivity contribution is 5.43. The predicted octanol–water partition coefficient (Wildman–Crippen LogP) is 3.15. The fourth-order valence-corrected chi connectivity index (χ4v) is 3.30. The van der Waals surface area contributed by atoms with Crippen LogP contribution in [-0.4, -0.2) is 36.9 Å². The van der Waals surface area contributed by atoms with Crippen molar-refractivity contribution in [3.8, 4) is 11.5 Å². The molecule has 2 unspecified atom stereocenters. The van der Waals surface area contributed by atoms with Crippen molar-refractivity contribution in [2.45, 2.75) is 25.1 Å². The van der Waals surface area contributed by atoms with Crippen LogP contribution in [0.15, 0.2) is 42.5 Å². The van der Waals surface area contributed by atoms with Gasteiger partial charge >= 0.3 is 0 Å². The van der Waals surface area contributed by atoms with Crippen LogP contribution in [0.2, 0.25) is 0 Å². The number of aliphatic hydroxyl groups excluding tert-OH is 1. The smallest absolute Gasteiger partial charge is 0.161 e. The van der Waals surface area contributed by atoms with Gasteiger partial charge in [-0.05, 0) is 41.8 Å². The predicted molar refractivity (Wildman–Crippen MR) is 89.7 cm³/mol. The van der Waals surface area contributed by atoms with Crippen LogP contribution in [0.25, 0.3) is 0 Å². The van der Waals surface area contributed by atoms with Gasteiger partial charge in [0, 0.05) is 19.1 Å². The Kier molecular flexibility index (Phi) is 5.02. The van der Waals surface area contributed by atoms with Crippen molar-refractivity contribution >= 4 is 0 Å². The molecule has 4 nitrogen and oxygen atoms in total. The Morgan fingerprint density at radius 2 is 1.79 bits per heavy atom. The zero-order valence-electron chi connectivity index (χ0n) is 13.9. The molecule has 1 aliphatic heterocycles. The third kappa shape index (κ3) is 3.52. The molecule has 2 atom stereocenters.